The molecule has 45 heavy (non-hydrogen) atoms. The van der Waals surface area contributed by atoms with Crippen molar-refractivity contribution in [2.75, 3.05) is 0 Å². The molecule has 0 fully saturated rings. The van der Waals surface area contributed by atoms with Gasteiger partial charge in [0.1, 0.15) is 11.2 Å². The monoisotopic (exact) mass is 579 g/mol. The predicted octanol–water partition coefficient (Wildman–Crippen LogP) is 12.7. The van der Waals surface area contributed by atoms with Gasteiger partial charge in [0.2, 0.25) is 0 Å². The summed E-state index contributed by atoms with van der Waals surface area (Å²) in [6.07, 6.45) is 0. The third-order valence-electron chi connectivity index (χ3n) is 8.97. The molecule has 0 amide bonds. The van der Waals surface area contributed by atoms with Gasteiger partial charge in [-0.3, -0.25) is 0 Å². The Morgan fingerprint density at radius 2 is 1.00 bits per heavy atom. The van der Waals surface area contributed by atoms with Crippen LogP contribution in [-0.4, -0.2) is 0 Å². The molecule has 0 bridgehead atoms. The van der Waals surface area contributed by atoms with Crippen molar-refractivity contribution in [3.8, 4) is 22.3 Å². The second kappa shape index (κ2) is 9.29. The Balaban J connectivity index is 1.44. The zero-order valence-corrected chi connectivity index (χ0v) is 23.7. The van der Waals surface area contributed by atoms with Crippen LogP contribution in [0.3, 0.4) is 0 Å². The summed E-state index contributed by atoms with van der Waals surface area (Å²) in [7, 11) is 0. The third-order valence-corrected chi connectivity index (χ3v) is 8.97. The summed E-state index contributed by atoms with van der Waals surface area (Å²) in [4.78, 5) is 0. The fraction of sp³-hybridized carbons (Fsp3) is 0. The average Bonchev–Trinajstić information content (AvgIpc) is 3.59. The number of furan rings is 1. The molecule has 0 aliphatic carbocycles. The highest BCUT2D eigenvalue weighted by molar-refractivity contribution is 6.29. The van der Waals surface area contributed by atoms with E-state index in [4.69, 9.17) is 14.0 Å². The maximum atomic E-state index is 9.48. The zero-order chi connectivity index (χ0) is 37.3. The van der Waals surface area contributed by atoms with Gasteiger partial charge in [0, 0.05) is 16.2 Å². The lowest BCUT2D eigenvalue weighted by Gasteiger charge is -2.20. The molecule has 0 aliphatic heterocycles. The molecule has 1 nitrogen and oxygen atoms in total. The molecule has 9 aromatic carbocycles. The molecule has 0 atom stereocenters. The van der Waals surface area contributed by atoms with Crippen molar-refractivity contribution in [3.63, 3.8) is 0 Å². The maximum absolute atomic E-state index is 9.48. The van der Waals surface area contributed by atoms with Crippen LogP contribution >= 0.6 is 0 Å². The van der Waals surface area contributed by atoms with E-state index in [1.165, 1.54) is 0 Å². The van der Waals surface area contributed by atoms with Gasteiger partial charge in [-0.1, -0.05) is 139 Å². The lowest BCUT2D eigenvalue weighted by atomic mass is 9.83. The van der Waals surface area contributed by atoms with Crippen molar-refractivity contribution in [1.29, 1.82) is 0 Å². The van der Waals surface area contributed by atoms with Crippen LogP contribution in [-0.2, 0) is 0 Å². The molecule has 1 heteroatoms. The molecule has 10 aromatic rings. The Kier molecular flexibility index (Phi) is 3.59. The van der Waals surface area contributed by atoms with Crippen molar-refractivity contribution in [1.82, 2.24) is 0 Å². The van der Waals surface area contributed by atoms with Crippen LogP contribution in [0.5, 0.6) is 0 Å². The molecular weight excluding hydrogens is 544 g/mol. The quantitative estimate of drug-likeness (QED) is 0.147. The molecule has 0 radical (unpaired) electrons. The number of hydrogen-bond donors (Lipinski definition) is 0. The van der Waals surface area contributed by atoms with E-state index in [0.29, 0.717) is 5.56 Å². The first-order valence-electron chi connectivity index (χ1n) is 19.3. The largest absolute Gasteiger partial charge is 0.455 e. The molecule has 0 unspecified atom stereocenters. The van der Waals surface area contributed by atoms with Gasteiger partial charge in [-0.2, -0.15) is 0 Å². The zero-order valence-electron chi connectivity index (χ0n) is 32.7. The van der Waals surface area contributed by atoms with Crippen molar-refractivity contribution in [3.05, 3.63) is 158 Å². The topological polar surface area (TPSA) is 13.1 Å². The van der Waals surface area contributed by atoms with Gasteiger partial charge >= 0.3 is 0 Å². The molecule has 1 heterocycles. The molecule has 0 aliphatic rings. The van der Waals surface area contributed by atoms with Gasteiger partial charge in [-0.25, -0.2) is 0 Å². The van der Waals surface area contributed by atoms with E-state index in [9.17, 15) is 2.74 Å². The molecule has 0 saturated heterocycles. The Hall–Kier alpha value is -5.92. The predicted molar refractivity (Wildman–Crippen MR) is 192 cm³/mol. The smallest absolute Gasteiger partial charge is 0.143 e. The minimum absolute atomic E-state index is 0.0577. The second-order valence-electron chi connectivity index (χ2n) is 11.3. The van der Waals surface area contributed by atoms with Gasteiger partial charge in [0.15, 0.2) is 0 Å². The Bertz CT molecular complexity index is 3270. The Morgan fingerprint density at radius 3 is 1.73 bits per heavy atom. The third kappa shape index (κ3) is 3.44. The fourth-order valence-electron chi connectivity index (χ4n) is 7.10. The molecule has 1 aromatic heterocycles. The molecule has 0 spiro atoms. The molecule has 0 saturated carbocycles. The van der Waals surface area contributed by atoms with Crippen molar-refractivity contribution in [2.24, 2.45) is 0 Å². The minimum Gasteiger partial charge on any atom is -0.455 e. The van der Waals surface area contributed by atoms with E-state index in [2.05, 4.69) is 30.3 Å². The van der Waals surface area contributed by atoms with Crippen molar-refractivity contribution < 1.29 is 16.8 Å². The van der Waals surface area contributed by atoms with Crippen LogP contribution < -0.4 is 0 Å². The number of benzene rings is 9. The van der Waals surface area contributed by atoms with Gasteiger partial charge in [0.25, 0.3) is 0 Å². The number of hydrogen-bond acceptors (Lipinski definition) is 1. The summed E-state index contributed by atoms with van der Waals surface area (Å²) in [5.74, 6) is 0. The summed E-state index contributed by atoms with van der Waals surface area (Å²) < 4.78 is 86.1. The van der Waals surface area contributed by atoms with Crippen LogP contribution in [0.1, 0.15) is 12.3 Å². The summed E-state index contributed by atoms with van der Waals surface area (Å²) in [5.41, 5.74) is 2.70. The van der Waals surface area contributed by atoms with Crippen LogP contribution in [0, 0.1) is 0 Å². The molecule has 208 valence electrons. The van der Waals surface area contributed by atoms with E-state index < -0.39 is 36.3 Å². The van der Waals surface area contributed by atoms with E-state index in [1.54, 1.807) is 0 Å². The van der Waals surface area contributed by atoms with Crippen molar-refractivity contribution >= 4 is 75.8 Å². The van der Waals surface area contributed by atoms with E-state index in [-0.39, 0.29) is 56.4 Å². The SMILES string of the molecule is [2H]c1c([2H])c(-c2c3ccccc3c(-c3cc4ccccc4c4ccccc34)c3ccccc23)c2c(oc3c4c([2H])c([2H])c([2H])c([2H])c4c([2H])c([2H])c32)c1[2H]. The van der Waals surface area contributed by atoms with Crippen LogP contribution in [0.4, 0.5) is 0 Å². The Labute approximate surface area is 272 Å². The maximum Gasteiger partial charge on any atom is 0.143 e. The number of rotatable bonds is 2. The summed E-state index contributed by atoms with van der Waals surface area (Å²) in [5, 5.41) is 7.75. The highest BCUT2D eigenvalue weighted by Gasteiger charge is 2.22. The molecule has 0 N–H and O–H groups in total. The fourth-order valence-corrected chi connectivity index (χ4v) is 7.10. The lowest BCUT2D eigenvalue weighted by molar-refractivity contribution is 0.673. The summed E-state index contributed by atoms with van der Waals surface area (Å²) in [6, 6.07) is 30.9. The number of fused-ring (bicyclic) bond motifs is 10. The highest BCUT2D eigenvalue weighted by atomic mass is 16.3. The molecule has 10 rings (SSSR count). The van der Waals surface area contributed by atoms with E-state index in [1.807, 2.05) is 72.8 Å². The first-order valence-corrected chi connectivity index (χ1v) is 14.8. The molecular formula is C44H26O. The normalized spacial score (nSPS) is 14.8. The first-order chi connectivity index (χ1) is 26.1. The van der Waals surface area contributed by atoms with E-state index >= 15 is 0 Å². The van der Waals surface area contributed by atoms with Gasteiger partial charge in [-0.15, -0.1) is 0 Å². The first kappa shape index (κ1) is 17.4. The second-order valence-corrected chi connectivity index (χ2v) is 11.3. The highest BCUT2D eigenvalue weighted by Crippen LogP contribution is 2.49. The average molecular weight is 580 g/mol. The van der Waals surface area contributed by atoms with Gasteiger partial charge < -0.3 is 4.42 Å². The Morgan fingerprint density at radius 1 is 0.400 bits per heavy atom. The summed E-state index contributed by atoms with van der Waals surface area (Å²) >= 11 is 0. The van der Waals surface area contributed by atoms with Gasteiger partial charge in [0.05, 0.1) is 12.3 Å². The van der Waals surface area contributed by atoms with Gasteiger partial charge in [-0.05, 0) is 88.9 Å². The minimum atomic E-state index is -0.531. The standard InChI is InChI=1S/C44H26O/c1-4-15-30-27(12-1)24-25-38-43-37(22-11-23-40(43)45-44(30)38)41-33-18-7-9-20-35(33)42(36-21-10-8-19-34(36)41)39-26-28-13-2-3-14-29(28)31-16-5-6-17-32(31)39/h1-26H/i1D,4D,11D,12D,15D,22D,23D,24D,25D. The van der Waals surface area contributed by atoms with Crippen LogP contribution in [0.25, 0.3) is 98.1 Å². The van der Waals surface area contributed by atoms with Crippen molar-refractivity contribution in [2.45, 2.75) is 0 Å². The summed E-state index contributed by atoms with van der Waals surface area (Å²) in [6.45, 7) is 0. The van der Waals surface area contributed by atoms with Crippen LogP contribution in [0.2, 0.25) is 0 Å². The lowest BCUT2D eigenvalue weighted by Crippen LogP contribution is -1.92. The van der Waals surface area contributed by atoms with E-state index in [0.717, 1.165) is 54.2 Å². The van der Waals surface area contributed by atoms with Crippen LogP contribution in [0.15, 0.2) is 162 Å².